The van der Waals surface area contributed by atoms with Gasteiger partial charge in [-0.1, -0.05) is 60.7 Å². The van der Waals surface area contributed by atoms with E-state index in [9.17, 15) is 5.11 Å². The van der Waals surface area contributed by atoms with Gasteiger partial charge in [-0.05, 0) is 30.4 Å². The number of hydrogen-bond acceptors (Lipinski definition) is 3. The number of aliphatic hydroxyl groups is 1. The SMILES string of the molecule is NC1CCCC1O[C@H](c1ccccc1)[C@H](O)c1ccccc1. The van der Waals surface area contributed by atoms with Crippen molar-refractivity contribution in [2.24, 2.45) is 5.73 Å². The number of aliphatic hydroxyl groups excluding tert-OH is 1. The molecular formula is C19H23NO2. The number of benzene rings is 2. The van der Waals surface area contributed by atoms with Gasteiger partial charge in [-0.2, -0.15) is 0 Å². The van der Waals surface area contributed by atoms with Gasteiger partial charge in [0.15, 0.2) is 0 Å². The second-order valence-electron chi connectivity index (χ2n) is 5.96. The summed E-state index contributed by atoms with van der Waals surface area (Å²) in [4.78, 5) is 0. The van der Waals surface area contributed by atoms with E-state index in [1.165, 1.54) is 0 Å². The molecular weight excluding hydrogens is 274 g/mol. The van der Waals surface area contributed by atoms with Gasteiger partial charge in [0.05, 0.1) is 6.10 Å². The molecule has 0 saturated heterocycles. The molecule has 1 saturated carbocycles. The minimum absolute atomic E-state index is 0.0172. The molecule has 4 atom stereocenters. The first-order chi connectivity index (χ1) is 10.8. The maximum atomic E-state index is 10.8. The fourth-order valence-electron chi connectivity index (χ4n) is 3.11. The average molecular weight is 297 g/mol. The van der Waals surface area contributed by atoms with Gasteiger partial charge in [0.2, 0.25) is 0 Å². The van der Waals surface area contributed by atoms with Crippen molar-refractivity contribution in [3.05, 3.63) is 71.8 Å². The topological polar surface area (TPSA) is 55.5 Å². The van der Waals surface area contributed by atoms with E-state index < -0.39 is 12.2 Å². The van der Waals surface area contributed by atoms with Gasteiger partial charge in [-0.15, -0.1) is 0 Å². The third kappa shape index (κ3) is 3.38. The molecule has 0 heterocycles. The lowest BCUT2D eigenvalue weighted by Crippen LogP contribution is -2.33. The molecule has 2 unspecified atom stereocenters. The molecule has 3 N–H and O–H groups in total. The highest BCUT2D eigenvalue weighted by Gasteiger charge is 2.31. The van der Waals surface area contributed by atoms with Crippen LogP contribution in [0.15, 0.2) is 60.7 Å². The molecule has 2 aromatic carbocycles. The van der Waals surface area contributed by atoms with Crippen molar-refractivity contribution < 1.29 is 9.84 Å². The zero-order valence-electron chi connectivity index (χ0n) is 12.6. The number of hydrogen-bond donors (Lipinski definition) is 2. The Labute approximate surface area is 131 Å². The van der Waals surface area contributed by atoms with Crippen LogP contribution in [0.1, 0.15) is 42.6 Å². The van der Waals surface area contributed by atoms with Gasteiger partial charge in [0.1, 0.15) is 12.2 Å². The molecule has 0 aliphatic heterocycles. The molecule has 0 amide bonds. The third-order valence-electron chi connectivity index (χ3n) is 4.38. The van der Waals surface area contributed by atoms with Crippen LogP contribution in [0.5, 0.6) is 0 Å². The van der Waals surface area contributed by atoms with Crippen LogP contribution in [0.4, 0.5) is 0 Å². The molecule has 2 aromatic rings. The summed E-state index contributed by atoms with van der Waals surface area (Å²) in [6, 6.07) is 19.6. The molecule has 0 spiro atoms. The van der Waals surface area contributed by atoms with Crippen LogP contribution >= 0.6 is 0 Å². The Bertz CT molecular complexity index is 573. The van der Waals surface area contributed by atoms with Crippen molar-refractivity contribution in [1.29, 1.82) is 0 Å². The number of ether oxygens (including phenoxy) is 1. The second-order valence-corrected chi connectivity index (χ2v) is 5.96. The first-order valence-electron chi connectivity index (χ1n) is 7.94. The minimum atomic E-state index is -0.698. The maximum absolute atomic E-state index is 10.8. The molecule has 116 valence electrons. The van der Waals surface area contributed by atoms with E-state index in [2.05, 4.69) is 0 Å². The van der Waals surface area contributed by atoms with Crippen LogP contribution in [-0.4, -0.2) is 17.3 Å². The molecule has 0 aromatic heterocycles. The van der Waals surface area contributed by atoms with Crippen LogP contribution in [0.2, 0.25) is 0 Å². The van der Waals surface area contributed by atoms with E-state index in [1.54, 1.807) is 0 Å². The van der Waals surface area contributed by atoms with E-state index >= 15 is 0 Å². The van der Waals surface area contributed by atoms with E-state index in [-0.39, 0.29) is 12.1 Å². The normalized spacial score (nSPS) is 24.1. The minimum Gasteiger partial charge on any atom is -0.385 e. The van der Waals surface area contributed by atoms with Crippen molar-refractivity contribution in [3.8, 4) is 0 Å². The summed E-state index contributed by atoms with van der Waals surface area (Å²) in [6.45, 7) is 0. The summed E-state index contributed by atoms with van der Waals surface area (Å²) in [5.74, 6) is 0. The quantitative estimate of drug-likeness (QED) is 0.889. The standard InChI is InChI=1S/C19H23NO2/c20-16-12-7-13-17(16)22-19(15-10-5-2-6-11-15)18(21)14-8-3-1-4-9-14/h1-6,8-11,16-19,21H,7,12-13,20H2/t16?,17?,18-,19-/m1/s1. The molecule has 1 fully saturated rings. The lowest BCUT2D eigenvalue weighted by atomic mass is 9.98. The maximum Gasteiger partial charge on any atom is 0.113 e. The van der Waals surface area contributed by atoms with E-state index in [1.807, 2.05) is 60.7 Å². The average Bonchev–Trinajstić information content (AvgIpc) is 2.98. The van der Waals surface area contributed by atoms with Crippen molar-refractivity contribution in [2.45, 2.75) is 43.6 Å². The highest BCUT2D eigenvalue weighted by Crippen LogP contribution is 2.35. The fourth-order valence-corrected chi connectivity index (χ4v) is 3.11. The Hall–Kier alpha value is -1.68. The third-order valence-corrected chi connectivity index (χ3v) is 4.38. The lowest BCUT2D eigenvalue weighted by Gasteiger charge is -2.29. The monoisotopic (exact) mass is 297 g/mol. The summed E-state index contributed by atoms with van der Waals surface area (Å²) in [7, 11) is 0. The highest BCUT2D eigenvalue weighted by molar-refractivity contribution is 5.25. The first-order valence-corrected chi connectivity index (χ1v) is 7.94. The summed E-state index contributed by atoms with van der Waals surface area (Å²) in [5.41, 5.74) is 7.99. The smallest absolute Gasteiger partial charge is 0.113 e. The van der Waals surface area contributed by atoms with Gasteiger partial charge in [0.25, 0.3) is 0 Å². The summed E-state index contributed by atoms with van der Waals surface area (Å²) in [5, 5.41) is 10.8. The zero-order valence-corrected chi connectivity index (χ0v) is 12.6. The predicted octanol–water partition coefficient (Wildman–Crippen LogP) is 3.36. The lowest BCUT2D eigenvalue weighted by molar-refractivity contribution is -0.0831. The van der Waals surface area contributed by atoms with Crippen molar-refractivity contribution >= 4 is 0 Å². The van der Waals surface area contributed by atoms with Gasteiger partial charge in [-0.3, -0.25) is 0 Å². The summed E-state index contributed by atoms with van der Waals surface area (Å²) in [6.07, 6.45) is 1.98. The van der Waals surface area contributed by atoms with E-state index in [4.69, 9.17) is 10.5 Å². The number of nitrogens with two attached hydrogens (primary N) is 1. The summed E-state index contributed by atoms with van der Waals surface area (Å²) >= 11 is 0. The molecule has 22 heavy (non-hydrogen) atoms. The van der Waals surface area contributed by atoms with Crippen molar-refractivity contribution in [2.75, 3.05) is 0 Å². The zero-order chi connectivity index (χ0) is 15.4. The van der Waals surface area contributed by atoms with Crippen molar-refractivity contribution in [3.63, 3.8) is 0 Å². The Morgan fingerprint density at radius 1 is 0.909 bits per heavy atom. The van der Waals surface area contributed by atoms with Crippen molar-refractivity contribution in [1.82, 2.24) is 0 Å². The van der Waals surface area contributed by atoms with E-state index in [0.717, 1.165) is 30.4 Å². The second kappa shape index (κ2) is 7.05. The first kappa shape index (κ1) is 15.2. The molecule has 3 rings (SSSR count). The molecule has 1 aliphatic carbocycles. The fraction of sp³-hybridized carbons (Fsp3) is 0.368. The summed E-state index contributed by atoms with van der Waals surface area (Å²) < 4.78 is 6.25. The molecule has 0 radical (unpaired) electrons. The molecule has 1 aliphatic rings. The number of rotatable bonds is 5. The predicted molar refractivity (Wildman–Crippen MR) is 87.3 cm³/mol. The molecule has 3 nitrogen and oxygen atoms in total. The molecule has 0 bridgehead atoms. The van der Waals surface area contributed by atoms with E-state index in [0.29, 0.717) is 0 Å². The van der Waals surface area contributed by atoms with Gasteiger partial charge < -0.3 is 15.6 Å². The highest BCUT2D eigenvalue weighted by atomic mass is 16.5. The Morgan fingerprint density at radius 3 is 2.05 bits per heavy atom. The Balaban J connectivity index is 1.86. The van der Waals surface area contributed by atoms with Crippen LogP contribution in [0, 0.1) is 0 Å². The van der Waals surface area contributed by atoms with Gasteiger partial charge in [0, 0.05) is 6.04 Å². The van der Waals surface area contributed by atoms with Crippen LogP contribution < -0.4 is 5.73 Å². The Morgan fingerprint density at radius 2 is 1.50 bits per heavy atom. The van der Waals surface area contributed by atoms with Crippen LogP contribution in [-0.2, 0) is 4.74 Å². The van der Waals surface area contributed by atoms with Crippen LogP contribution in [0.3, 0.4) is 0 Å². The van der Waals surface area contributed by atoms with Gasteiger partial charge >= 0.3 is 0 Å². The molecule has 3 heteroatoms. The van der Waals surface area contributed by atoms with Gasteiger partial charge in [-0.25, -0.2) is 0 Å². The Kier molecular flexibility index (Phi) is 4.88. The largest absolute Gasteiger partial charge is 0.385 e. The van der Waals surface area contributed by atoms with Crippen LogP contribution in [0.25, 0.3) is 0 Å².